The van der Waals surface area contributed by atoms with Crippen LogP contribution in [0.15, 0.2) is 53.3 Å². The van der Waals surface area contributed by atoms with Crippen LogP contribution in [0.4, 0.5) is 0 Å². The standard InChI is InChI=1S/C25H29N3O4S/c1-31-15-5-12-28-24(30)21-9-8-19(16-22(21)26-25(28)33)23(29)27-13-10-20(11-14-27)32-17-18-6-3-2-4-7-18/h2-4,6-9,16,20H,5,10-15,17H2,1H3,(H,26,33). The van der Waals surface area contributed by atoms with Gasteiger partial charge < -0.3 is 19.4 Å². The molecule has 2 heterocycles. The van der Waals surface area contributed by atoms with Gasteiger partial charge in [0.25, 0.3) is 11.5 Å². The zero-order chi connectivity index (χ0) is 23.2. The smallest absolute Gasteiger partial charge is 0.262 e. The Hall–Kier alpha value is -2.81. The second-order valence-electron chi connectivity index (χ2n) is 8.28. The zero-order valence-corrected chi connectivity index (χ0v) is 19.6. The monoisotopic (exact) mass is 467 g/mol. The van der Waals surface area contributed by atoms with Crippen molar-refractivity contribution < 1.29 is 14.3 Å². The van der Waals surface area contributed by atoms with Gasteiger partial charge in [-0.15, -0.1) is 0 Å². The molecule has 0 spiro atoms. The van der Waals surface area contributed by atoms with Gasteiger partial charge in [0.05, 0.1) is 23.6 Å². The molecule has 1 aliphatic rings. The summed E-state index contributed by atoms with van der Waals surface area (Å²) in [4.78, 5) is 30.9. The van der Waals surface area contributed by atoms with Crippen molar-refractivity contribution in [1.29, 1.82) is 0 Å². The third-order valence-corrected chi connectivity index (χ3v) is 6.34. The second-order valence-corrected chi connectivity index (χ2v) is 8.67. The molecule has 0 aliphatic carbocycles. The van der Waals surface area contributed by atoms with Crippen molar-refractivity contribution in [3.63, 3.8) is 0 Å². The molecule has 1 amide bonds. The van der Waals surface area contributed by atoms with Gasteiger partial charge in [-0.3, -0.25) is 14.2 Å². The normalized spacial score (nSPS) is 14.6. The SMILES string of the molecule is COCCCn1c(=S)[nH]c2cc(C(=O)N3CCC(OCc4ccccc4)CC3)ccc2c1=O. The number of amides is 1. The predicted molar refractivity (Wildman–Crippen MR) is 130 cm³/mol. The van der Waals surface area contributed by atoms with Crippen molar-refractivity contribution in [2.45, 2.75) is 38.5 Å². The highest BCUT2D eigenvalue weighted by Crippen LogP contribution is 2.19. The molecule has 8 heteroatoms. The van der Waals surface area contributed by atoms with E-state index in [1.165, 1.54) is 0 Å². The number of fused-ring (bicyclic) bond motifs is 1. The van der Waals surface area contributed by atoms with Crippen LogP contribution in [0.3, 0.4) is 0 Å². The number of likely N-dealkylation sites (tertiary alicyclic amines) is 1. The number of aromatic amines is 1. The fourth-order valence-electron chi connectivity index (χ4n) is 4.15. The summed E-state index contributed by atoms with van der Waals surface area (Å²) in [6.07, 6.45) is 2.46. The zero-order valence-electron chi connectivity index (χ0n) is 18.8. The van der Waals surface area contributed by atoms with Crippen LogP contribution in [0, 0.1) is 4.77 Å². The third-order valence-electron chi connectivity index (χ3n) is 6.02. The van der Waals surface area contributed by atoms with E-state index >= 15 is 0 Å². The number of rotatable bonds is 8. The lowest BCUT2D eigenvalue weighted by Gasteiger charge is -2.32. The van der Waals surface area contributed by atoms with Crippen LogP contribution in [-0.4, -0.2) is 53.3 Å². The summed E-state index contributed by atoms with van der Waals surface area (Å²) >= 11 is 5.38. The fourth-order valence-corrected chi connectivity index (χ4v) is 4.44. The van der Waals surface area contributed by atoms with Crippen LogP contribution < -0.4 is 5.56 Å². The van der Waals surface area contributed by atoms with Crippen molar-refractivity contribution in [1.82, 2.24) is 14.5 Å². The van der Waals surface area contributed by atoms with Gasteiger partial charge in [0, 0.05) is 38.9 Å². The number of benzene rings is 2. The first-order chi connectivity index (χ1) is 16.1. The second kappa shape index (κ2) is 10.9. The van der Waals surface area contributed by atoms with E-state index in [1.54, 1.807) is 29.9 Å². The van der Waals surface area contributed by atoms with Crippen LogP contribution in [0.2, 0.25) is 0 Å². The van der Waals surface area contributed by atoms with Crippen LogP contribution in [0.25, 0.3) is 10.9 Å². The van der Waals surface area contributed by atoms with E-state index in [4.69, 9.17) is 21.7 Å². The Morgan fingerprint density at radius 3 is 2.64 bits per heavy atom. The average Bonchev–Trinajstić information content (AvgIpc) is 2.85. The Kier molecular flexibility index (Phi) is 7.69. The molecule has 0 saturated carbocycles. The Labute approximate surface area is 197 Å². The molecule has 0 radical (unpaired) electrons. The summed E-state index contributed by atoms with van der Waals surface area (Å²) in [5, 5.41) is 0.519. The maximum absolute atomic E-state index is 13.1. The molecular formula is C25H29N3O4S. The number of methoxy groups -OCH3 is 1. The molecule has 3 aromatic rings. The fraction of sp³-hybridized carbons (Fsp3) is 0.400. The quantitative estimate of drug-likeness (QED) is 0.401. The Morgan fingerprint density at radius 1 is 1.15 bits per heavy atom. The van der Waals surface area contributed by atoms with Gasteiger partial charge in [-0.1, -0.05) is 30.3 Å². The molecule has 4 rings (SSSR count). The van der Waals surface area contributed by atoms with E-state index in [0.717, 1.165) is 18.4 Å². The molecule has 1 saturated heterocycles. The van der Waals surface area contributed by atoms with Crippen molar-refractivity contribution in [3.05, 3.63) is 74.8 Å². The molecular weight excluding hydrogens is 438 g/mol. The molecule has 1 aromatic heterocycles. The lowest BCUT2D eigenvalue weighted by atomic mass is 10.1. The summed E-state index contributed by atoms with van der Waals surface area (Å²) in [5.74, 6) is -0.0398. The minimum absolute atomic E-state index is 0.0398. The largest absolute Gasteiger partial charge is 0.385 e. The average molecular weight is 468 g/mol. The first kappa shape index (κ1) is 23.4. The Balaban J connectivity index is 1.40. The van der Waals surface area contributed by atoms with Gasteiger partial charge in [-0.2, -0.15) is 0 Å². The predicted octanol–water partition coefficient (Wildman–Crippen LogP) is 3.92. The van der Waals surface area contributed by atoms with Gasteiger partial charge in [-0.25, -0.2) is 0 Å². The maximum Gasteiger partial charge on any atom is 0.262 e. The molecule has 2 aromatic carbocycles. The van der Waals surface area contributed by atoms with Gasteiger partial charge in [-0.05, 0) is 55.2 Å². The number of carbonyl (C=O) groups is 1. The first-order valence-electron chi connectivity index (χ1n) is 11.3. The molecule has 7 nitrogen and oxygen atoms in total. The lowest BCUT2D eigenvalue weighted by molar-refractivity contribution is -0.000377. The molecule has 0 unspecified atom stereocenters. The number of nitrogens with one attached hydrogen (secondary N) is 1. The van der Waals surface area contributed by atoms with Crippen molar-refractivity contribution in [2.75, 3.05) is 26.8 Å². The minimum atomic E-state index is -0.153. The van der Waals surface area contributed by atoms with E-state index in [1.807, 2.05) is 23.1 Å². The number of hydrogen-bond acceptors (Lipinski definition) is 5. The molecule has 1 N–H and O–H groups in total. The number of H-pyrrole nitrogens is 1. The Morgan fingerprint density at radius 2 is 1.91 bits per heavy atom. The van der Waals surface area contributed by atoms with Crippen LogP contribution in [-0.2, 0) is 22.6 Å². The lowest BCUT2D eigenvalue weighted by Crippen LogP contribution is -2.40. The summed E-state index contributed by atoms with van der Waals surface area (Å²) in [7, 11) is 1.63. The highest BCUT2D eigenvalue weighted by Gasteiger charge is 2.24. The van der Waals surface area contributed by atoms with Gasteiger partial charge in [0.2, 0.25) is 0 Å². The molecule has 33 heavy (non-hydrogen) atoms. The van der Waals surface area contributed by atoms with E-state index in [9.17, 15) is 9.59 Å². The van der Waals surface area contributed by atoms with E-state index < -0.39 is 0 Å². The van der Waals surface area contributed by atoms with Crippen LogP contribution in [0.1, 0.15) is 35.2 Å². The van der Waals surface area contributed by atoms with E-state index in [0.29, 0.717) is 60.5 Å². The number of ether oxygens (including phenoxy) is 2. The summed E-state index contributed by atoms with van der Waals surface area (Å²) in [6.45, 7) is 2.92. The topological polar surface area (TPSA) is 76.6 Å². The minimum Gasteiger partial charge on any atom is -0.385 e. The van der Waals surface area contributed by atoms with Crippen molar-refractivity contribution in [2.24, 2.45) is 0 Å². The van der Waals surface area contributed by atoms with Crippen LogP contribution in [0.5, 0.6) is 0 Å². The van der Waals surface area contributed by atoms with E-state index in [-0.39, 0.29) is 17.6 Å². The van der Waals surface area contributed by atoms with Crippen molar-refractivity contribution >= 4 is 29.0 Å². The summed E-state index contributed by atoms with van der Waals surface area (Å²) in [5.41, 5.74) is 2.13. The molecule has 174 valence electrons. The molecule has 1 fully saturated rings. The maximum atomic E-state index is 13.1. The van der Waals surface area contributed by atoms with Gasteiger partial charge in [0.15, 0.2) is 4.77 Å². The number of hydrogen-bond donors (Lipinski definition) is 1. The van der Waals surface area contributed by atoms with Crippen LogP contribution >= 0.6 is 12.2 Å². The summed E-state index contributed by atoms with van der Waals surface area (Å²) in [6, 6.07) is 15.3. The molecule has 0 atom stereocenters. The number of nitrogens with zero attached hydrogens (tertiary/aromatic N) is 2. The first-order valence-corrected chi connectivity index (χ1v) is 11.7. The van der Waals surface area contributed by atoms with Gasteiger partial charge in [0.1, 0.15) is 0 Å². The highest BCUT2D eigenvalue weighted by atomic mass is 32.1. The number of carbonyl (C=O) groups excluding carboxylic acids is 1. The molecule has 1 aliphatic heterocycles. The summed E-state index contributed by atoms with van der Waals surface area (Å²) < 4.78 is 13.0. The van der Waals surface area contributed by atoms with Gasteiger partial charge >= 0.3 is 0 Å². The number of piperidine rings is 1. The third kappa shape index (κ3) is 5.58. The Bertz CT molecular complexity index is 1210. The van der Waals surface area contributed by atoms with Crippen molar-refractivity contribution in [3.8, 4) is 0 Å². The molecule has 0 bridgehead atoms. The number of aromatic nitrogens is 2. The van der Waals surface area contributed by atoms with E-state index in [2.05, 4.69) is 17.1 Å². The highest BCUT2D eigenvalue weighted by molar-refractivity contribution is 7.71.